The molecule has 0 saturated carbocycles. The molecule has 0 saturated heterocycles. The van der Waals surface area contributed by atoms with Gasteiger partial charge in [0.15, 0.2) is 0 Å². The Kier molecular flexibility index (Phi) is 5.10. The van der Waals surface area contributed by atoms with Gasteiger partial charge in [0.1, 0.15) is 0 Å². The zero-order chi connectivity index (χ0) is 11.8. The fraction of sp³-hybridized carbons (Fsp3) is 0.308. The van der Waals surface area contributed by atoms with E-state index >= 15 is 0 Å². The molecule has 0 aliphatic rings. The van der Waals surface area contributed by atoms with Crippen LogP contribution < -0.4 is 0 Å². The number of hydrogen-bond donors (Lipinski definition) is 2. The number of benzene rings is 1. The molecule has 3 heteroatoms. The minimum atomic E-state index is -0.807. The Morgan fingerprint density at radius 2 is 2.06 bits per heavy atom. The molecule has 0 aliphatic heterocycles. The predicted molar refractivity (Wildman–Crippen MR) is 61.0 cm³/mol. The van der Waals surface area contributed by atoms with E-state index < -0.39 is 5.97 Å². The Hall–Kier alpha value is -1.79. The van der Waals surface area contributed by atoms with E-state index in [4.69, 9.17) is 10.2 Å². The minimum absolute atomic E-state index is 0.0459. The highest BCUT2D eigenvalue weighted by Gasteiger charge is 2.02. The van der Waals surface area contributed by atoms with Gasteiger partial charge in [-0.2, -0.15) is 0 Å². The minimum Gasteiger partial charge on any atom is -0.481 e. The molecular weight excluding hydrogens is 204 g/mol. The zero-order valence-electron chi connectivity index (χ0n) is 8.94. The van der Waals surface area contributed by atoms with Gasteiger partial charge in [0, 0.05) is 18.4 Å². The first-order valence-electron chi connectivity index (χ1n) is 5.13. The zero-order valence-corrected chi connectivity index (χ0v) is 8.94. The second-order valence-electron chi connectivity index (χ2n) is 3.33. The van der Waals surface area contributed by atoms with Gasteiger partial charge in [-0.25, -0.2) is 0 Å². The summed E-state index contributed by atoms with van der Waals surface area (Å²) >= 11 is 0. The lowest BCUT2D eigenvalue weighted by atomic mass is 10.0. The molecule has 0 unspecified atom stereocenters. The highest BCUT2D eigenvalue weighted by molar-refractivity contribution is 5.67. The van der Waals surface area contributed by atoms with Crippen LogP contribution in [0.2, 0.25) is 0 Å². The van der Waals surface area contributed by atoms with Crippen molar-refractivity contribution in [3.63, 3.8) is 0 Å². The van der Waals surface area contributed by atoms with Crippen molar-refractivity contribution >= 4 is 5.97 Å². The van der Waals surface area contributed by atoms with Crippen molar-refractivity contribution in [2.75, 3.05) is 6.61 Å². The molecule has 0 radical (unpaired) electrons. The van der Waals surface area contributed by atoms with Crippen LogP contribution in [0, 0.1) is 11.8 Å². The number of carboxylic acid groups (broad SMARTS) is 1. The summed E-state index contributed by atoms with van der Waals surface area (Å²) in [5.74, 6) is 4.96. The Bertz CT molecular complexity index is 413. The van der Waals surface area contributed by atoms with Crippen LogP contribution in [0.25, 0.3) is 0 Å². The van der Waals surface area contributed by atoms with Gasteiger partial charge >= 0.3 is 5.97 Å². The molecule has 2 N–H and O–H groups in total. The number of carbonyl (C=O) groups is 1. The van der Waals surface area contributed by atoms with E-state index in [0.29, 0.717) is 12.8 Å². The average molecular weight is 218 g/mol. The summed E-state index contributed by atoms with van der Waals surface area (Å²) in [4.78, 5) is 10.5. The van der Waals surface area contributed by atoms with E-state index in [1.54, 1.807) is 0 Å². The predicted octanol–water partition coefficient (Wildman–Crippen LogP) is 1.44. The molecule has 1 aromatic carbocycles. The van der Waals surface area contributed by atoms with Crippen molar-refractivity contribution in [1.29, 1.82) is 0 Å². The van der Waals surface area contributed by atoms with Crippen LogP contribution in [0.4, 0.5) is 0 Å². The fourth-order valence-electron chi connectivity index (χ4n) is 1.32. The molecule has 0 fully saturated rings. The lowest BCUT2D eigenvalue weighted by Gasteiger charge is -2.01. The number of aliphatic hydroxyl groups excluding tert-OH is 1. The Morgan fingerprint density at radius 3 is 2.75 bits per heavy atom. The van der Waals surface area contributed by atoms with Crippen molar-refractivity contribution < 1.29 is 15.0 Å². The molecule has 0 aliphatic carbocycles. The average Bonchev–Trinajstić information content (AvgIpc) is 2.28. The second kappa shape index (κ2) is 6.65. The van der Waals surface area contributed by atoms with Crippen LogP contribution in [-0.4, -0.2) is 22.8 Å². The molecular formula is C13H14O3. The molecule has 1 rings (SSSR count). The van der Waals surface area contributed by atoms with Crippen LogP contribution >= 0.6 is 0 Å². The number of aliphatic hydroxyl groups is 1. The Balaban J connectivity index is 2.76. The third-order valence-corrected chi connectivity index (χ3v) is 2.09. The van der Waals surface area contributed by atoms with Gasteiger partial charge in [-0.1, -0.05) is 30.0 Å². The summed E-state index contributed by atoms with van der Waals surface area (Å²) in [6.07, 6.45) is 1.03. The number of aliphatic carboxylic acids is 1. The van der Waals surface area contributed by atoms with Crippen molar-refractivity contribution in [2.45, 2.75) is 19.3 Å². The number of carboxylic acids is 1. The molecule has 3 nitrogen and oxygen atoms in total. The van der Waals surface area contributed by atoms with Crippen molar-refractivity contribution in [3.05, 3.63) is 35.4 Å². The first kappa shape index (κ1) is 12.3. The van der Waals surface area contributed by atoms with E-state index in [1.165, 1.54) is 0 Å². The molecule has 84 valence electrons. The highest BCUT2D eigenvalue weighted by atomic mass is 16.4. The van der Waals surface area contributed by atoms with Gasteiger partial charge in [0.05, 0.1) is 6.61 Å². The fourth-order valence-corrected chi connectivity index (χ4v) is 1.32. The van der Waals surface area contributed by atoms with Gasteiger partial charge in [-0.3, -0.25) is 4.79 Å². The van der Waals surface area contributed by atoms with Crippen LogP contribution in [0.3, 0.4) is 0 Å². The first-order valence-corrected chi connectivity index (χ1v) is 5.13. The SMILES string of the molecule is O=C(O)CCc1ccccc1C#CCCO. The van der Waals surface area contributed by atoms with Crippen molar-refractivity contribution in [3.8, 4) is 11.8 Å². The topological polar surface area (TPSA) is 57.5 Å². The first-order chi connectivity index (χ1) is 7.74. The molecule has 0 heterocycles. The molecule has 0 spiro atoms. The molecule has 0 bridgehead atoms. The van der Waals surface area contributed by atoms with Crippen molar-refractivity contribution in [2.24, 2.45) is 0 Å². The van der Waals surface area contributed by atoms with E-state index in [0.717, 1.165) is 11.1 Å². The summed E-state index contributed by atoms with van der Waals surface area (Å²) < 4.78 is 0. The van der Waals surface area contributed by atoms with Gasteiger partial charge in [-0.05, 0) is 18.1 Å². The molecule has 0 atom stereocenters. The molecule has 1 aromatic rings. The summed E-state index contributed by atoms with van der Waals surface area (Å²) in [6, 6.07) is 7.48. The third-order valence-electron chi connectivity index (χ3n) is 2.09. The maximum absolute atomic E-state index is 10.5. The number of rotatable bonds is 4. The monoisotopic (exact) mass is 218 g/mol. The quantitative estimate of drug-likeness (QED) is 0.752. The van der Waals surface area contributed by atoms with Gasteiger partial charge in [-0.15, -0.1) is 0 Å². The van der Waals surface area contributed by atoms with Crippen molar-refractivity contribution in [1.82, 2.24) is 0 Å². The normalized spacial score (nSPS) is 9.31. The lowest BCUT2D eigenvalue weighted by Crippen LogP contribution is -1.99. The maximum Gasteiger partial charge on any atom is 0.303 e. The molecule has 0 amide bonds. The van der Waals surface area contributed by atoms with Gasteiger partial charge in [0.2, 0.25) is 0 Å². The third kappa shape index (κ3) is 4.16. The smallest absolute Gasteiger partial charge is 0.303 e. The number of aryl methyl sites for hydroxylation is 1. The van der Waals surface area contributed by atoms with Crippen LogP contribution in [-0.2, 0) is 11.2 Å². The Morgan fingerprint density at radius 1 is 1.31 bits per heavy atom. The van der Waals surface area contributed by atoms with Crippen LogP contribution in [0.1, 0.15) is 24.0 Å². The van der Waals surface area contributed by atoms with Gasteiger partial charge in [0.25, 0.3) is 0 Å². The largest absolute Gasteiger partial charge is 0.481 e. The van der Waals surface area contributed by atoms with Crippen LogP contribution in [0.5, 0.6) is 0 Å². The highest BCUT2D eigenvalue weighted by Crippen LogP contribution is 2.09. The molecule has 0 aromatic heterocycles. The lowest BCUT2D eigenvalue weighted by molar-refractivity contribution is -0.136. The maximum atomic E-state index is 10.5. The summed E-state index contributed by atoms with van der Waals surface area (Å²) in [5, 5.41) is 17.2. The summed E-state index contributed by atoms with van der Waals surface area (Å²) in [5.41, 5.74) is 1.78. The van der Waals surface area contributed by atoms with Gasteiger partial charge < -0.3 is 10.2 Å². The van der Waals surface area contributed by atoms with E-state index in [-0.39, 0.29) is 13.0 Å². The van der Waals surface area contributed by atoms with Crippen LogP contribution in [0.15, 0.2) is 24.3 Å². The second-order valence-corrected chi connectivity index (χ2v) is 3.33. The Labute approximate surface area is 94.7 Å². The summed E-state index contributed by atoms with van der Waals surface area (Å²) in [6.45, 7) is 0.0459. The molecule has 16 heavy (non-hydrogen) atoms. The number of hydrogen-bond acceptors (Lipinski definition) is 2. The van der Waals surface area contributed by atoms with E-state index in [9.17, 15) is 4.79 Å². The van der Waals surface area contributed by atoms with E-state index in [1.807, 2.05) is 24.3 Å². The summed E-state index contributed by atoms with van der Waals surface area (Å²) in [7, 11) is 0. The van der Waals surface area contributed by atoms with E-state index in [2.05, 4.69) is 11.8 Å². The standard InChI is InChI=1S/C13H14O3/c14-10-4-3-7-11-5-1-2-6-12(11)8-9-13(15)16/h1-2,5-6,14H,4,8-10H2,(H,15,16).